The van der Waals surface area contributed by atoms with Gasteiger partial charge in [-0.05, 0) is 6.07 Å². The molecule has 0 N–H and O–H groups in total. The van der Waals surface area contributed by atoms with Gasteiger partial charge in [0.05, 0.1) is 10.3 Å². The Kier molecular flexibility index (Phi) is 2.55. The Labute approximate surface area is 96.2 Å². The Morgan fingerprint density at radius 2 is 2.00 bits per heavy atom. The second-order valence-electron chi connectivity index (χ2n) is 3.78. The molecule has 0 fully saturated rings. The van der Waals surface area contributed by atoms with Gasteiger partial charge in [-0.15, -0.1) is 0 Å². The highest BCUT2D eigenvalue weighted by atomic mass is 16.6. The minimum Gasteiger partial charge on any atom is -0.440 e. The molecule has 0 saturated heterocycles. The first kappa shape index (κ1) is 11.1. The molecule has 0 aliphatic heterocycles. The Hall–Kier alpha value is -2.37. The first-order chi connectivity index (χ1) is 7.99. The van der Waals surface area contributed by atoms with Gasteiger partial charge >= 0.3 is 0 Å². The van der Waals surface area contributed by atoms with E-state index >= 15 is 0 Å². The lowest BCUT2D eigenvalue weighted by Gasteiger charge is -2.10. The number of nitro benzene ring substituents is 1. The fraction of sp³-hybridized carbons (Fsp3) is 0.182. The number of benzene rings is 1. The predicted molar refractivity (Wildman–Crippen MR) is 63.5 cm³/mol. The summed E-state index contributed by atoms with van der Waals surface area (Å²) in [4.78, 5) is 23.5. The summed E-state index contributed by atoms with van der Waals surface area (Å²) < 4.78 is 5.44. The highest BCUT2D eigenvalue weighted by molar-refractivity contribution is 5.80. The molecule has 1 heterocycles. The van der Waals surface area contributed by atoms with Crippen molar-refractivity contribution in [2.24, 2.45) is 0 Å². The lowest BCUT2D eigenvalue weighted by Crippen LogP contribution is -2.12. The van der Waals surface area contributed by atoms with Crippen LogP contribution in [0.5, 0.6) is 0 Å². The highest BCUT2D eigenvalue weighted by Gasteiger charge is 2.11. The molecule has 0 aliphatic rings. The van der Waals surface area contributed by atoms with Crippen molar-refractivity contribution in [3.63, 3.8) is 0 Å². The van der Waals surface area contributed by atoms with Gasteiger partial charge in [0.2, 0.25) is 0 Å². The van der Waals surface area contributed by atoms with E-state index in [0.717, 1.165) is 0 Å². The van der Waals surface area contributed by atoms with Crippen LogP contribution in [0.1, 0.15) is 0 Å². The van der Waals surface area contributed by atoms with E-state index in [4.69, 9.17) is 4.42 Å². The first-order valence-corrected chi connectivity index (χ1v) is 4.88. The number of nitro groups is 1. The summed E-state index contributed by atoms with van der Waals surface area (Å²) in [6.45, 7) is 0. The summed E-state index contributed by atoms with van der Waals surface area (Å²) in [5.74, 6) is 0.413. The van der Waals surface area contributed by atoms with E-state index in [1.165, 1.54) is 24.3 Å². The molecular formula is C11H10N2O4. The fourth-order valence-corrected chi connectivity index (χ4v) is 1.47. The molecule has 0 aliphatic carbocycles. The zero-order chi connectivity index (χ0) is 12.6. The van der Waals surface area contributed by atoms with E-state index < -0.39 is 4.92 Å². The maximum atomic E-state index is 11.8. The van der Waals surface area contributed by atoms with Gasteiger partial charge in [-0.2, -0.15) is 0 Å². The van der Waals surface area contributed by atoms with Gasteiger partial charge in [0.15, 0.2) is 11.3 Å². The van der Waals surface area contributed by atoms with Crippen LogP contribution < -0.4 is 10.3 Å². The van der Waals surface area contributed by atoms with Crippen LogP contribution in [-0.4, -0.2) is 19.0 Å². The number of hydrogen-bond acceptors (Lipinski definition) is 5. The summed E-state index contributed by atoms with van der Waals surface area (Å²) in [5, 5.41) is 10.8. The van der Waals surface area contributed by atoms with Crippen molar-refractivity contribution in [1.29, 1.82) is 0 Å². The van der Waals surface area contributed by atoms with E-state index in [-0.39, 0.29) is 16.5 Å². The molecular weight excluding hydrogens is 224 g/mol. The van der Waals surface area contributed by atoms with E-state index in [9.17, 15) is 14.9 Å². The third-order valence-corrected chi connectivity index (χ3v) is 2.35. The van der Waals surface area contributed by atoms with Gasteiger partial charge in [-0.25, -0.2) is 0 Å². The van der Waals surface area contributed by atoms with Gasteiger partial charge in [-0.3, -0.25) is 14.9 Å². The lowest BCUT2D eigenvalue weighted by atomic mass is 10.2. The zero-order valence-electron chi connectivity index (χ0n) is 9.34. The molecule has 2 rings (SSSR count). The van der Waals surface area contributed by atoms with Crippen molar-refractivity contribution in [2.75, 3.05) is 19.0 Å². The molecule has 6 heteroatoms. The van der Waals surface area contributed by atoms with Crippen LogP contribution in [0.15, 0.2) is 33.5 Å². The van der Waals surface area contributed by atoms with Crippen molar-refractivity contribution in [3.05, 3.63) is 44.6 Å². The third-order valence-electron chi connectivity index (χ3n) is 2.35. The molecule has 0 radical (unpaired) electrons. The van der Waals surface area contributed by atoms with Gasteiger partial charge < -0.3 is 9.32 Å². The molecule has 1 aromatic heterocycles. The molecule has 0 amide bonds. The number of nitrogens with zero attached hydrogens (tertiary/aromatic N) is 2. The number of hydrogen-bond donors (Lipinski definition) is 0. The number of fused-ring (bicyclic) bond motifs is 1. The van der Waals surface area contributed by atoms with Crippen LogP contribution in [0.3, 0.4) is 0 Å². The lowest BCUT2D eigenvalue weighted by molar-refractivity contribution is -0.384. The second-order valence-corrected chi connectivity index (χ2v) is 3.78. The van der Waals surface area contributed by atoms with E-state index in [0.29, 0.717) is 11.5 Å². The Morgan fingerprint density at radius 1 is 1.29 bits per heavy atom. The first-order valence-electron chi connectivity index (χ1n) is 4.88. The molecule has 0 saturated carbocycles. The normalized spacial score (nSPS) is 10.5. The van der Waals surface area contributed by atoms with E-state index in [2.05, 4.69) is 0 Å². The molecule has 17 heavy (non-hydrogen) atoms. The minimum absolute atomic E-state index is 0.123. The monoisotopic (exact) mass is 234 g/mol. The molecule has 6 nitrogen and oxygen atoms in total. The predicted octanol–water partition coefficient (Wildman–Crippen LogP) is 1.77. The second kappa shape index (κ2) is 3.89. The van der Waals surface area contributed by atoms with Gasteiger partial charge in [0.25, 0.3) is 5.69 Å². The maximum Gasteiger partial charge on any atom is 0.270 e. The SMILES string of the molecule is CN(C)c1cc(=O)c2cc([N+](=O)[O-])ccc2o1. The number of rotatable bonds is 2. The third kappa shape index (κ3) is 1.96. The zero-order valence-corrected chi connectivity index (χ0v) is 9.34. The number of anilines is 1. The van der Waals surface area contributed by atoms with Crippen LogP contribution in [0, 0.1) is 10.1 Å². The topological polar surface area (TPSA) is 76.6 Å². The van der Waals surface area contributed by atoms with Crippen LogP contribution in [0.4, 0.5) is 11.6 Å². The number of non-ortho nitro benzene ring substituents is 1. The Balaban J connectivity index is 2.73. The van der Waals surface area contributed by atoms with Crippen LogP contribution >= 0.6 is 0 Å². The summed E-state index contributed by atoms with van der Waals surface area (Å²) in [6, 6.07) is 5.28. The minimum atomic E-state index is -0.543. The summed E-state index contributed by atoms with van der Waals surface area (Å²) in [5.41, 5.74) is -0.0761. The largest absolute Gasteiger partial charge is 0.440 e. The maximum absolute atomic E-state index is 11.8. The van der Waals surface area contributed by atoms with Crippen LogP contribution in [0.25, 0.3) is 11.0 Å². The van der Waals surface area contributed by atoms with Crippen LogP contribution in [0.2, 0.25) is 0 Å². The smallest absolute Gasteiger partial charge is 0.270 e. The van der Waals surface area contributed by atoms with Crippen molar-refractivity contribution in [1.82, 2.24) is 0 Å². The van der Waals surface area contributed by atoms with Crippen molar-refractivity contribution >= 4 is 22.5 Å². The average molecular weight is 234 g/mol. The quantitative estimate of drug-likeness (QED) is 0.584. The van der Waals surface area contributed by atoms with Gasteiger partial charge in [0.1, 0.15) is 5.58 Å². The van der Waals surface area contributed by atoms with Crippen LogP contribution in [-0.2, 0) is 0 Å². The fourth-order valence-electron chi connectivity index (χ4n) is 1.47. The standard InChI is InChI=1S/C11H10N2O4/c1-12(2)11-6-9(14)8-5-7(13(15)16)3-4-10(8)17-11/h3-6H,1-2H3. The molecule has 0 unspecified atom stereocenters. The molecule has 0 atom stereocenters. The molecule has 88 valence electrons. The molecule has 0 spiro atoms. The van der Waals surface area contributed by atoms with E-state index in [1.54, 1.807) is 19.0 Å². The summed E-state index contributed by atoms with van der Waals surface area (Å²) in [6.07, 6.45) is 0. The van der Waals surface area contributed by atoms with E-state index in [1.807, 2.05) is 0 Å². The molecule has 0 bridgehead atoms. The Morgan fingerprint density at radius 3 is 2.59 bits per heavy atom. The molecule has 2 aromatic rings. The Bertz CT molecular complexity index is 645. The van der Waals surface area contributed by atoms with Gasteiger partial charge in [-0.1, -0.05) is 0 Å². The van der Waals surface area contributed by atoms with Crippen molar-refractivity contribution < 1.29 is 9.34 Å². The van der Waals surface area contributed by atoms with Crippen molar-refractivity contribution in [2.45, 2.75) is 0 Å². The average Bonchev–Trinajstić information content (AvgIpc) is 2.28. The highest BCUT2D eigenvalue weighted by Crippen LogP contribution is 2.21. The summed E-state index contributed by atoms with van der Waals surface area (Å²) in [7, 11) is 3.49. The van der Waals surface area contributed by atoms with Crippen molar-refractivity contribution in [3.8, 4) is 0 Å². The van der Waals surface area contributed by atoms with Gasteiger partial charge in [0, 0.05) is 32.3 Å². The molecule has 1 aromatic carbocycles. The summed E-state index contributed by atoms with van der Waals surface area (Å²) >= 11 is 0.